The molecule has 0 spiro atoms. The number of hydrogen-bond donors (Lipinski definition) is 0. The molecule has 0 N–H and O–H groups in total. The molecule has 5 nitrogen and oxygen atoms in total. The van der Waals surface area contributed by atoms with Gasteiger partial charge < -0.3 is 0 Å². The molecule has 0 aliphatic carbocycles. The molecule has 2 heterocycles. The number of aromatic nitrogens is 2. The van der Waals surface area contributed by atoms with E-state index in [0.717, 1.165) is 10.6 Å². The van der Waals surface area contributed by atoms with Crippen LogP contribution in [0.3, 0.4) is 0 Å². The first-order valence-electron chi connectivity index (χ1n) is 8.34. The number of thiazole rings is 1. The Morgan fingerprint density at radius 1 is 1.19 bits per heavy atom. The van der Waals surface area contributed by atoms with Crippen molar-refractivity contribution in [3.8, 4) is 11.3 Å². The molecular formula is C20H20N2O3S2. The topological polar surface area (TPSA) is 69.0 Å². The van der Waals surface area contributed by atoms with Crippen LogP contribution in [0.15, 0.2) is 49.2 Å². The fraction of sp³-hybridized carbons (Fsp3) is 0.200. The summed E-state index contributed by atoms with van der Waals surface area (Å²) in [6.45, 7) is 9.13. The molecule has 1 aromatic carbocycles. The van der Waals surface area contributed by atoms with Crippen LogP contribution < -0.4 is 0 Å². The standard InChI is InChI=1S/C20H20N2O3S2/c1-5-18(20-14(3)21-15(4)26-20)27(24,25)22-11-17(12-23)13(2)19(22)16-9-7-6-8-10-16/h5-12,18H,1H2,2-4H3. The second-order valence-corrected chi connectivity index (χ2v) is 9.39. The van der Waals surface area contributed by atoms with Gasteiger partial charge in [-0.1, -0.05) is 36.4 Å². The summed E-state index contributed by atoms with van der Waals surface area (Å²) in [6, 6.07) is 9.18. The van der Waals surface area contributed by atoms with E-state index in [2.05, 4.69) is 11.6 Å². The Morgan fingerprint density at radius 2 is 1.85 bits per heavy atom. The first-order chi connectivity index (χ1) is 12.8. The maximum atomic E-state index is 13.6. The highest BCUT2D eigenvalue weighted by Crippen LogP contribution is 2.37. The number of hydrogen-bond acceptors (Lipinski definition) is 5. The number of rotatable bonds is 6. The molecule has 3 rings (SSSR count). The van der Waals surface area contributed by atoms with Gasteiger partial charge in [-0.2, -0.15) is 0 Å². The summed E-state index contributed by atoms with van der Waals surface area (Å²) >= 11 is 1.34. The van der Waals surface area contributed by atoms with Crippen molar-refractivity contribution in [2.24, 2.45) is 0 Å². The second-order valence-electron chi connectivity index (χ2n) is 6.22. The maximum absolute atomic E-state index is 13.6. The molecule has 140 valence electrons. The molecule has 3 aromatic rings. The molecule has 0 amide bonds. The zero-order valence-electron chi connectivity index (χ0n) is 15.3. The predicted octanol–water partition coefficient (Wildman–Crippen LogP) is 4.45. The fourth-order valence-electron chi connectivity index (χ4n) is 3.15. The van der Waals surface area contributed by atoms with Crippen molar-refractivity contribution >= 4 is 27.6 Å². The monoisotopic (exact) mass is 400 g/mol. The third kappa shape index (κ3) is 3.28. The molecule has 0 aliphatic heterocycles. The van der Waals surface area contributed by atoms with Crippen LogP contribution in [0.5, 0.6) is 0 Å². The average molecular weight is 401 g/mol. The minimum Gasteiger partial charge on any atom is -0.298 e. The lowest BCUT2D eigenvalue weighted by Gasteiger charge is -2.17. The largest absolute Gasteiger partial charge is 0.298 e. The fourth-order valence-corrected chi connectivity index (χ4v) is 6.25. The smallest absolute Gasteiger partial charge is 0.250 e. The first-order valence-corrected chi connectivity index (χ1v) is 10.7. The van der Waals surface area contributed by atoms with Crippen molar-refractivity contribution < 1.29 is 13.2 Å². The highest BCUT2D eigenvalue weighted by Gasteiger charge is 2.32. The molecule has 27 heavy (non-hydrogen) atoms. The Labute approximate surface area is 163 Å². The van der Waals surface area contributed by atoms with Crippen LogP contribution in [0.1, 0.15) is 36.8 Å². The summed E-state index contributed by atoms with van der Waals surface area (Å²) in [6.07, 6.45) is 3.48. The minimum absolute atomic E-state index is 0.345. The Hall–Kier alpha value is -2.51. The Kier molecular flexibility index (Phi) is 5.17. The Bertz CT molecular complexity index is 1110. The van der Waals surface area contributed by atoms with Gasteiger partial charge in [0.1, 0.15) is 5.25 Å². The summed E-state index contributed by atoms with van der Waals surface area (Å²) in [4.78, 5) is 16.5. The lowest BCUT2D eigenvalue weighted by atomic mass is 10.1. The van der Waals surface area contributed by atoms with Gasteiger partial charge in [-0.05, 0) is 31.9 Å². The second kappa shape index (κ2) is 7.25. The quantitative estimate of drug-likeness (QED) is 0.453. The van der Waals surface area contributed by atoms with E-state index in [1.54, 1.807) is 13.8 Å². The number of nitrogens with zero attached hydrogens (tertiary/aromatic N) is 2. The van der Waals surface area contributed by atoms with E-state index in [4.69, 9.17) is 0 Å². The molecule has 0 bridgehead atoms. The van der Waals surface area contributed by atoms with Gasteiger partial charge in [0.15, 0.2) is 6.29 Å². The van der Waals surface area contributed by atoms with Crippen molar-refractivity contribution in [3.05, 3.63) is 75.9 Å². The van der Waals surface area contributed by atoms with Crippen LogP contribution in [0.2, 0.25) is 0 Å². The zero-order valence-corrected chi connectivity index (χ0v) is 17.0. The molecule has 7 heteroatoms. The predicted molar refractivity (Wildman–Crippen MR) is 109 cm³/mol. The van der Waals surface area contributed by atoms with Gasteiger partial charge >= 0.3 is 0 Å². The van der Waals surface area contributed by atoms with Crippen molar-refractivity contribution in [3.63, 3.8) is 0 Å². The van der Waals surface area contributed by atoms with E-state index in [1.807, 2.05) is 37.3 Å². The van der Waals surface area contributed by atoms with Gasteiger partial charge in [-0.3, -0.25) is 4.79 Å². The summed E-state index contributed by atoms with van der Waals surface area (Å²) in [5, 5.41) is -0.150. The third-order valence-corrected chi connectivity index (χ3v) is 7.66. The van der Waals surface area contributed by atoms with Crippen LogP contribution >= 0.6 is 11.3 Å². The van der Waals surface area contributed by atoms with Crippen LogP contribution in [-0.2, 0) is 10.0 Å². The molecule has 0 saturated carbocycles. The normalized spacial score (nSPS) is 12.7. The molecule has 0 saturated heterocycles. The Morgan fingerprint density at radius 3 is 2.37 bits per heavy atom. The van der Waals surface area contributed by atoms with Gasteiger partial charge in [0, 0.05) is 11.8 Å². The van der Waals surface area contributed by atoms with Gasteiger partial charge in [0.2, 0.25) is 0 Å². The molecule has 1 unspecified atom stereocenters. The van der Waals surface area contributed by atoms with E-state index < -0.39 is 15.3 Å². The van der Waals surface area contributed by atoms with Crippen molar-refractivity contribution in [1.82, 2.24) is 8.96 Å². The van der Waals surface area contributed by atoms with E-state index >= 15 is 0 Å². The minimum atomic E-state index is -3.89. The van der Waals surface area contributed by atoms with Gasteiger partial charge in [0.25, 0.3) is 10.0 Å². The van der Waals surface area contributed by atoms with Crippen LogP contribution in [-0.4, -0.2) is 23.7 Å². The number of benzene rings is 1. The van der Waals surface area contributed by atoms with Crippen molar-refractivity contribution in [2.45, 2.75) is 26.0 Å². The number of carbonyl (C=O) groups excluding carboxylic acids is 1. The van der Waals surface area contributed by atoms with E-state index in [9.17, 15) is 13.2 Å². The molecule has 2 aromatic heterocycles. The van der Waals surface area contributed by atoms with Crippen LogP contribution in [0, 0.1) is 20.8 Å². The molecule has 0 radical (unpaired) electrons. The zero-order chi connectivity index (χ0) is 19.8. The van der Waals surface area contributed by atoms with Gasteiger partial charge in [-0.25, -0.2) is 17.4 Å². The molecule has 0 fully saturated rings. The van der Waals surface area contributed by atoms with Crippen LogP contribution in [0.25, 0.3) is 11.3 Å². The lowest BCUT2D eigenvalue weighted by molar-refractivity contribution is 0.112. The summed E-state index contributed by atoms with van der Waals surface area (Å²) in [5.41, 5.74) is 2.86. The summed E-state index contributed by atoms with van der Waals surface area (Å²) < 4.78 is 28.3. The first kappa shape index (κ1) is 19.3. The Balaban J connectivity index is 2.27. The van der Waals surface area contributed by atoms with E-state index in [0.29, 0.717) is 33.7 Å². The van der Waals surface area contributed by atoms with Gasteiger partial charge in [-0.15, -0.1) is 17.9 Å². The molecular weight excluding hydrogens is 380 g/mol. The third-order valence-electron chi connectivity index (χ3n) is 4.45. The van der Waals surface area contributed by atoms with Crippen molar-refractivity contribution in [2.75, 3.05) is 0 Å². The lowest BCUT2D eigenvalue weighted by Crippen LogP contribution is -2.20. The van der Waals surface area contributed by atoms with E-state index in [1.165, 1.54) is 27.6 Å². The van der Waals surface area contributed by atoms with E-state index in [-0.39, 0.29) is 0 Å². The average Bonchev–Trinajstić information content (AvgIpc) is 3.15. The molecule has 1 atom stereocenters. The van der Waals surface area contributed by atoms with Gasteiger partial charge in [0.05, 0.1) is 21.3 Å². The summed E-state index contributed by atoms with van der Waals surface area (Å²) in [5.74, 6) is 0. The summed E-state index contributed by atoms with van der Waals surface area (Å²) in [7, 11) is -3.89. The number of aryl methyl sites for hydroxylation is 2. The SMILES string of the molecule is C=CC(c1sc(C)nc1C)S(=O)(=O)n1cc(C=O)c(C)c1-c1ccccc1. The highest BCUT2D eigenvalue weighted by atomic mass is 32.2. The number of carbonyl (C=O) groups is 1. The van der Waals surface area contributed by atoms with Crippen LogP contribution in [0.4, 0.5) is 0 Å². The number of aldehydes is 1. The maximum Gasteiger partial charge on any atom is 0.250 e. The highest BCUT2D eigenvalue weighted by molar-refractivity contribution is 7.90. The van der Waals surface area contributed by atoms with Crippen molar-refractivity contribution in [1.29, 1.82) is 0 Å². The molecule has 0 aliphatic rings.